The van der Waals surface area contributed by atoms with E-state index in [0.29, 0.717) is 19.3 Å². The Balaban J connectivity index is 4.27. The van der Waals surface area contributed by atoms with Gasteiger partial charge in [0.2, 0.25) is 0 Å². The summed E-state index contributed by atoms with van der Waals surface area (Å²) in [5.74, 6) is 0.700. The standard InChI is InChI=1S/C49H94O6/c1-6-7-8-9-10-11-12-13-14-15-16-17-18-19-24-31-36-41-49(52)55-46(43-54-48(51)40-35-30-26-25-28-33-38-45(4)5)42-53-47(50)39-34-29-23-21-20-22-27-32-37-44(2)3/h44-46H,6-43H2,1-5H3/t46-/m1/s1. The Bertz CT molecular complexity index is 839. The van der Waals surface area contributed by atoms with Gasteiger partial charge < -0.3 is 14.2 Å². The predicted octanol–water partition coefficient (Wildman–Crippen LogP) is 15.4. The first-order chi connectivity index (χ1) is 26.7. The van der Waals surface area contributed by atoms with Crippen LogP contribution in [0.25, 0.3) is 0 Å². The molecule has 0 aromatic carbocycles. The van der Waals surface area contributed by atoms with Crippen molar-refractivity contribution in [1.82, 2.24) is 0 Å². The molecule has 0 bridgehead atoms. The number of rotatable bonds is 43. The minimum absolute atomic E-state index is 0.0658. The average molecular weight is 779 g/mol. The third kappa shape index (κ3) is 43.4. The molecule has 0 unspecified atom stereocenters. The first kappa shape index (κ1) is 53.4. The van der Waals surface area contributed by atoms with Crippen molar-refractivity contribution in [3.63, 3.8) is 0 Å². The van der Waals surface area contributed by atoms with Crippen LogP contribution in [-0.4, -0.2) is 37.2 Å². The van der Waals surface area contributed by atoms with E-state index in [1.165, 1.54) is 154 Å². The third-order valence-corrected chi connectivity index (χ3v) is 11.0. The highest BCUT2D eigenvalue weighted by Gasteiger charge is 2.19. The number of hydrogen-bond donors (Lipinski definition) is 0. The van der Waals surface area contributed by atoms with E-state index in [9.17, 15) is 14.4 Å². The van der Waals surface area contributed by atoms with Crippen molar-refractivity contribution in [1.29, 1.82) is 0 Å². The van der Waals surface area contributed by atoms with Crippen LogP contribution in [0, 0.1) is 11.8 Å². The Morgan fingerprint density at radius 2 is 0.600 bits per heavy atom. The van der Waals surface area contributed by atoms with Gasteiger partial charge in [0.15, 0.2) is 6.10 Å². The average Bonchev–Trinajstić information content (AvgIpc) is 3.15. The van der Waals surface area contributed by atoms with Crippen LogP contribution in [0.1, 0.15) is 266 Å². The molecule has 0 radical (unpaired) electrons. The molecule has 0 saturated carbocycles. The van der Waals surface area contributed by atoms with E-state index >= 15 is 0 Å². The Morgan fingerprint density at radius 3 is 0.891 bits per heavy atom. The summed E-state index contributed by atoms with van der Waals surface area (Å²) in [5, 5.41) is 0. The summed E-state index contributed by atoms with van der Waals surface area (Å²) in [6, 6.07) is 0. The fourth-order valence-electron chi connectivity index (χ4n) is 7.28. The Morgan fingerprint density at radius 1 is 0.345 bits per heavy atom. The lowest BCUT2D eigenvalue weighted by Crippen LogP contribution is -2.30. The summed E-state index contributed by atoms with van der Waals surface area (Å²) in [5.41, 5.74) is 0. The number of carbonyl (C=O) groups is 3. The van der Waals surface area contributed by atoms with Crippen molar-refractivity contribution in [2.45, 2.75) is 272 Å². The van der Waals surface area contributed by atoms with E-state index < -0.39 is 6.10 Å². The predicted molar refractivity (Wildman–Crippen MR) is 233 cm³/mol. The van der Waals surface area contributed by atoms with Gasteiger partial charge in [0.05, 0.1) is 0 Å². The van der Waals surface area contributed by atoms with Gasteiger partial charge in [-0.2, -0.15) is 0 Å². The summed E-state index contributed by atoms with van der Waals surface area (Å²) in [4.78, 5) is 37.7. The highest BCUT2D eigenvalue weighted by Crippen LogP contribution is 2.17. The van der Waals surface area contributed by atoms with Crippen LogP contribution < -0.4 is 0 Å². The summed E-state index contributed by atoms with van der Waals surface area (Å²) in [7, 11) is 0. The van der Waals surface area contributed by atoms with E-state index in [2.05, 4.69) is 34.6 Å². The van der Waals surface area contributed by atoms with Crippen LogP contribution in [0.3, 0.4) is 0 Å². The molecule has 1 atom stereocenters. The first-order valence-corrected chi connectivity index (χ1v) is 24.2. The van der Waals surface area contributed by atoms with Crippen LogP contribution >= 0.6 is 0 Å². The molecule has 0 aliphatic heterocycles. The summed E-state index contributed by atoms with van der Waals surface area (Å²) >= 11 is 0. The molecular formula is C49H94O6. The normalized spacial score (nSPS) is 12.1. The molecule has 55 heavy (non-hydrogen) atoms. The van der Waals surface area contributed by atoms with Gasteiger partial charge in [-0.25, -0.2) is 0 Å². The van der Waals surface area contributed by atoms with Crippen molar-refractivity contribution in [3.05, 3.63) is 0 Å². The van der Waals surface area contributed by atoms with Crippen LogP contribution in [0.2, 0.25) is 0 Å². The highest BCUT2D eigenvalue weighted by molar-refractivity contribution is 5.71. The van der Waals surface area contributed by atoms with Gasteiger partial charge in [-0.1, -0.05) is 227 Å². The Hall–Kier alpha value is -1.59. The molecule has 0 rings (SSSR count). The number of esters is 3. The molecule has 0 amide bonds. The van der Waals surface area contributed by atoms with Crippen molar-refractivity contribution < 1.29 is 28.6 Å². The molecule has 0 fully saturated rings. The van der Waals surface area contributed by atoms with Gasteiger partial charge in [-0.15, -0.1) is 0 Å². The number of carbonyl (C=O) groups excluding carboxylic acids is 3. The maximum absolute atomic E-state index is 12.7. The summed E-state index contributed by atoms with van der Waals surface area (Å²) in [6.07, 6.45) is 41.1. The Labute approximate surface area is 342 Å². The molecule has 6 heteroatoms. The molecule has 326 valence electrons. The third-order valence-electron chi connectivity index (χ3n) is 11.0. The van der Waals surface area contributed by atoms with Gasteiger partial charge in [-0.3, -0.25) is 14.4 Å². The fraction of sp³-hybridized carbons (Fsp3) is 0.939. The zero-order valence-electron chi connectivity index (χ0n) is 37.6. The largest absolute Gasteiger partial charge is 0.462 e. The molecule has 6 nitrogen and oxygen atoms in total. The molecule has 0 N–H and O–H groups in total. The minimum atomic E-state index is -0.761. The molecule has 0 aliphatic carbocycles. The highest BCUT2D eigenvalue weighted by atomic mass is 16.6. The van der Waals surface area contributed by atoms with E-state index in [-0.39, 0.29) is 31.1 Å². The maximum atomic E-state index is 12.7. The van der Waals surface area contributed by atoms with Crippen molar-refractivity contribution >= 4 is 17.9 Å². The lowest BCUT2D eigenvalue weighted by Gasteiger charge is -2.18. The topological polar surface area (TPSA) is 78.9 Å². The first-order valence-electron chi connectivity index (χ1n) is 24.2. The molecule has 0 saturated heterocycles. The van der Waals surface area contributed by atoms with Crippen molar-refractivity contribution in [2.24, 2.45) is 11.8 Å². The zero-order chi connectivity index (χ0) is 40.5. The lowest BCUT2D eigenvalue weighted by molar-refractivity contribution is -0.167. The molecule has 0 aliphatic rings. The number of hydrogen-bond acceptors (Lipinski definition) is 6. The number of ether oxygens (including phenoxy) is 3. The SMILES string of the molecule is CCCCCCCCCCCCCCCCCCCC(=O)O[C@H](COC(=O)CCCCCCCCCCC(C)C)COC(=O)CCCCCCCCC(C)C. The van der Waals surface area contributed by atoms with Crippen LogP contribution in [0.4, 0.5) is 0 Å². The van der Waals surface area contributed by atoms with E-state index in [0.717, 1.165) is 69.6 Å². The molecule has 0 spiro atoms. The van der Waals surface area contributed by atoms with Gasteiger partial charge in [0, 0.05) is 19.3 Å². The molecule has 0 heterocycles. The van der Waals surface area contributed by atoms with Gasteiger partial charge in [0.25, 0.3) is 0 Å². The fourth-order valence-corrected chi connectivity index (χ4v) is 7.28. The molecule has 0 aromatic rings. The maximum Gasteiger partial charge on any atom is 0.306 e. The number of unbranched alkanes of at least 4 members (excludes halogenated alkanes) is 28. The van der Waals surface area contributed by atoms with Crippen molar-refractivity contribution in [2.75, 3.05) is 13.2 Å². The monoisotopic (exact) mass is 779 g/mol. The smallest absolute Gasteiger partial charge is 0.306 e. The van der Waals surface area contributed by atoms with Gasteiger partial charge >= 0.3 is 17.9 Å². The van der Waals surface area contributed by atoms with E-state index in [1.807, 2.05) is 0 Å². The summed E-state index contributed by atoms with van der Waals surface area (Å²) < 4.78 is 16.7. The second-order valence-corrected chi connectivity index (χ2v) is 17.7. The van der Waals surface area contributed by atoms with Crippen LogP contribution in [-0.2, 0) is 28.6 Å². The molecule has 0 aromatic heterocycles. The Kier molecular flexibility index (Phi) is 40.8. The van der Waals surface area contributed by atoms with Gasteiger partial charge in [0.1, 0.15) is 13.2 Å². The minimum Gasteiger partial charge on any atom is -0.462 e. The van der Waals surface area contributed by atoms with Crippen LogP contribution in [0.15, 0.2) is 0 Å². The van der Waals surface area contributed by atoms with E-state index in [1.54, 1.807) is 0 Å². The van der Waals surface area contributed by atoms with Crippen LogP contribution in [0.5, 0.6) is 0 Å². The zero-order valence-corrected chi connectivity index (χ0v) is 37.6. The van der Waals surface area contributed by atoms with Gasteiger partial charge in [-0.05, 0) is 31.1 Å². The second kappa shape index (κ2) is 42.0. The summed E-state index contributed by atoms with van der Waals surface area (Å²) in [6.45, 7) is 11.3. The van der Waals surface area contributed by atoms with Crippen molar-refractivity contribution in [3.8, 4) is 0 Å². The second-order valence-electron chi connectivity index (χ2n) is 17.7. The van der Waals surface area contributed by atoms with E-state index in [4.69, 9.17) is 14.2 Å². The quantitative estimate of drug-likeness (QED) is 0.0348. The lowest BCUT2D eigenvalue weighted by atomic mass is 10.0. The molecular weight excluding hydrogens is 685 g/mol.